The Bertz CT molecular complexity index is 2120. The van der Waals surface area contributed by atoms with E-state index in [1.807, 2.05) is 37.3 Å². The summed E-state index contributed by atoms with van der Waals surface area (Å²) in [6, 6.07) is 11.5. The molecular weight excluding hydrogens is 797 g/mol. The van der Waals surface area contributed by atoms with Gasteiger partial charge in [-0.25, -0.2) is 0 Å². The quantitative estimate of drug-likeness (QED) is 0.148. The van der Waals surface area contributed by atoms with Gasteiger partial charge in [-0.1, -0.05) is 67.3 Å². The van der Waals surface area contributed by atoms with E-state index >= 15 is 0 Å². The standard InChI is InChI=1S/C49H64N8O6/c1-5-37(51-4)45(59)55-41(49(63)57-31-17-29-43(57)47(61)53-39-27-15-21-34-19-11-13-23-36(34)39)25-9-7-6-8-24-40(54-44(58)32(2)50-3)48(62)56-30-16-28-42(56)46(60)52-38-26-14-20-33-18-10-12-22-35(33)38/h10-13,18-19,22-23,32,37-43,50-51H,5,14-17,20-21,24-31H2,1-4H3,(H,52,60)(H,53,61)(H,54,58)(H,55,59)/t32-,37-,38?,39+,40-,41-,42-,43-/m0/s1. The van der Waals surface area contributed by atoms with Crippen molar-refractivity contribution in [3.63, 3.8) is 0 Å². The summed E-state index contributed by atoms with van der Waals surface area (Å²) in [6.07, 6.45) is 8.21. The number of carbonyl (C=O) groups is 6. The van der Waals surface area contributed by atoms with Crippen molar-refractivity contribution in [1.29, 1.82) is 0 Å². The third-order valence-corrected chi connectivity index (χ3v) is 13.0. The molecule has 6 rings (SSSR count). The summed E-state index contributed by atoms with van der Waals surface area (Å²) in [5, 5.41) is 18.0. The van der Waals surface area contributed by atoms with Crippen LogP contribution in [0.15, 0.2) is 48.5 Å². The molecule has 1 unspecified atom stereocenters. The number of nitrogens with zero attached hydrogens (tertiary/aromatic N) is 2. The lowest BCUT2D eigenvalue weighted by molar-refractivity contribution is -0.141. The van der Waals surface area contributed by atoms with E-state index < -0.39 is 42.2 Å². The number of carbonyl (C=O) groups excluding carboxylic acids is 6. The van der Waals surface area contributed by atoms with Crippen LogP contribution < -0.4 is 31.9 Å². The van der Waals surface area contributed by atoms with Crippen molar-refractivity contribution < 1.29 is 28.8 Å². The van der Waals surface area contributed by atoms with Crippen molar-refractivity contribution in [2.45, 2.75) is 146 Å². The van der Waals surface area contributed by atoms with Gasteiger partial charge in [-0.2, -0.15) is 0 Å². The Morgan fingerprint density at radius 3 is 1.52 bits per heavy atom. The van der Waals surface area contributed by atoms with Gasteiger partial charge in [-0.05, 0) is 126 Å². The van der Waals surface area contributed by atoms with Crippen molar-refractivity contribution in [3.8, 4) is 23.7 Å². The van der Waals surface area contributed by atoms with Crippen LogP contribution in [0.5, 0.6) is 0 Å². The summed E-state index contributed by atoms with van der Waals surface area (Å²) < 4.78 is 0. The lowest BCUT2D eigenvalue weighted by Crippen LogP contribution is -2.56. The molecule has 0 radical (unpaired) electrons. The van der Waals surface area contributed by atoms with Crippen LogP contribution in [-0.2, 0) is 41.6 Å². The SMILES string of the molecule is CC[C@H](NC)C(=O)N[C@@H](CC#CC#CC[C@H](NC(=O)[C@H](C)NC)C(=O)N1CCC[C@H]1C(=O)NC1CCCc2ccccc21)C(=O)N1CCC[C@H]1C(=O)N[C@@H]1CCCc2ccccc21. The molecule has 2 fully saturated rings. The minimum Gasteiger partial charge on any atom is -0.347 e. The molecule has 2 aromatic rings. The highest BCUT2D eigenvalue weighted by Gasteiger charge is 2.40. The molecule has 2 heterocycles. The van der Waals surface area contributed by atoms with Crippen LogP contribution in [0.3, 0.4) is 0 Å². The minimum atomic E-state index is -1.03. The Kier molecular flexibility index (Phi) is 16.8. The highest BCUT2D eigenvalue weighted by molar-refractivity contribution is 5.95. The van der Waals surface area contributed by atoms with Crippen LogP contribution in [0.25, 0.3) is 0 Å². The first-order chi connectivity index (χ1) is 30.5. The van der Waals surface area contributed by atoms with Crippen LogP contribution in [-0.4, -0.2) is 109 Å². The van der Waals surface area contributed by atoms with Gasteiger partial charge in [0.25, 0.3) is 0 Å². The van der Waals surface area contributed by atoms with Gasteiger partial charge in [-0.3, -0.25) is 28.8 Å². The number of fused-ring (bicyclic) bond motifs is 2. The fraction of sp³-hybridized carbons (Fsp3) is 0.551. The van der Waals surface area contributed by atoms with E-state index in [1.165, 1.54) is 11.1 Å². The predicted molar refractivity (Wildman–Crippen MR) is 240 cm³/mol. The fourth-order valence-electron chi connectivity index (χ4n) is 9.37. The second-order valence-electron chi connectivity index (χ2n) is 17.1. The van der Waals surface area contributed by atoms with Crippen molar-refractivity contribution in [2.24, 2.45) is 0 Å². The molecule has 2 aliphatic carbocycles. The second-order valence-corrected chi connectivity index (χ2v) is 17.1. The maximum absolute atomic E-state index is 14.2. The van der Waals surface area contributed by atoms with Crippen molar-refractivity contribution in [3.05, 3.63) is 70.8 Å². The topological polar surface area (TPSA) is 181 Å². The smallest absolute Gasteiger partial charge is 0.246 e. The number of amides is 6. The zero-order valence-electron chi connectivity index (χ0n) is 37.2. The van der Waals surface area contributed by atoms with E-state index in [-0.39, 0.29) is 54.5 Å². The Morgan fingerprint density at radius 2 is 1.08 bits per heavy atom. The van der Waals surface area contributed by atoms with Crippen LogP contribution in [0.1, 0.15) is 119 Å². The Balaban J connectivity index is 1.13. The van der Waals surface area contributed by atoms with E-state index in [4.69, 9.17) is 0 Å². The Morgan fingerprint density at radius 1 is 0.619 bits per heavy atom. The second kappa shape index (κ2) is 22.6. The summed E-state index contributed by atoms with van der Waals surface area (Å²) in [4.78, 5) is 85.4. The first-order valence-corrected chi connectivity index (χ1v) is 22.8. The predicted octanol–water partition coefficient (Wildman–Crippen LogP) is 2.72. The third kappa shape index (κ3) is 11.7. The van der Waals surface area contributed by atoms with Gasteiger partial charge in [-0.15, -0.1) is 0 Å². The van der Waals surface area contributed by atoms with Crippen molar-refractivity contribution in [2.75, 3.05) is 27.2 Å². The summed E-state index contributed by atoms with van der Waals surface area (Å²) in [5.41, 5.74) is 4.68. The summed E-state index contributed by atoms with van der Waals surface area (Å²) >= 11 is 0. The number of likely N-dealkylation sites (N-methyl/N-ethyl adjacent to an activating group) is 2. The Hall–Kier alpha value is -5.70. The summed E-state index contributed by atoms with van der Waals surface area (Å²) in [7, 11) is 3.33. The molecule has 6 amide bonds. The zero-order valence-corrected chi connectivity index (χ0v) is 37.2. The molecule has 0 saturated carbocycles. The van der Waals surface area contributed by atoms with Crippen LogP contribution in [0.2, 0.25) is 0 Å². The lowest BCUT2D eigenvalue weighted by Gasteiger charge is -2.31. The molecule has 8 atom stereocenters. The molecule has 0 aromatic heterocycles. The number of aryl methyl sites for hydroxylation is 2. The molecule has 6 N–H and O–H groups in total. The van der Waals surface area contributed by atoms with Gasteiger partial charge in [0.15, 0.2) is 0 Å². The maximum atomic E-state index is 14.2. The molecule has 0 spiro atoms. The summed E-state index contributed by atoms with van der Waals surface area (Å²) in [6.45, 7) is 4.31. The minimum absolute atomic E-state index is 0.0605. The fourth-order valence-corrected chi connectivity index (χ4v) is 9.37. The van der Waals surface area contributed by atoms with Gasteiger partial charge in [0, 0.05) is 25.9 Å². The largest absolute Gasteiger partial charge is 0.347 e. The van der Waals surface area contributed by atoms with Crippen LogP contribution in [0, 0.1) is 23.7 Å². The average Bonchev–Trinajstić information content (AvgIpc) is 4.01. The molecule has 14 nitrogen and oxygen atoms in total. The van der Waals surface area contributed by atoms with E-state index in [0.29, 0.717) is 45.2 Å². The normalized spacial score (nSPS) is 22.0. The van der Waals surface area contributed by atoms with Crippen molar-refractivity contribution >= 4 is 35.4 Å². The Labute approximate surface area is 372 Å². The van der Waals surface area contributed by atoms with E-state index in [1.54, 1.807) is 30.8 Å². The number of rotatable bonds is 15. The molecule has 2 aromatic carbocycles. The molecule has 2 saturated heterocycles. The van der Waals surface area contributed by atoms with E-state index in [9.17, 15) is 28.8 Å². The van der Waals surface area contributed by atoms with Crippen LogP contribution >= 0.6 is 0 Å². The van der Waals surface area contributed by atoms with Crippen LogP contribution in [0.4, 0.5) is 0 Å². The van der Waals surface area contributed by atoms with E-state index in [0.717, 1.165) is 49.7 Å². The average molecular weight is 861 g/mol. The molecule has 4 aliphatic rings. The van der Waals surface area contributed by atoms with E-state index in [2.05, 4.69) is 73.8 Å². The van der Waals surface area contributed by atoms with Gasteiger partial charge in [0.2, 0.25) is 35.4 Å². The number of hydrogen-bond acceptors (Lipinski definition) is 8. The third-order valence-electron chi connectivity index (χ3n) is 13.0. The maximum Gasteiger partial charge on any atom is 0.246 e. The number of hydrogen-bond donors (Lipinski definition) is 6. The molecular formula is C49H64N8O6. The molecule has 14 heteroatoms. The highest BCUT2D eigenvalue weighted by atomic mass is 16.2. The number of benzene rings is 2. The van der Waals surface area contributed by atoms with Gasteiger partial charge < -0.3 is 41.7 Å². The van der Waals surface area contributed by atoms with Crippen molar-refractivity contribution in [1.82, 2.24) is 41.7 Å². The first kappa shape index (κ1) is 46.8. The molecule has 0 bridgehead atoms. The van der Waals surface area contributed by atoms with Gasteiger partial charge >= 0.3 is 0 Å². The zero-order chi connectivity index (χ0) is 44.9. The molecule has 2 aliphatic heterocycles. The summed E-state index contributed by atoms with van der Waals surface area (Å²) in [5.74, 6) is 9.48. The first-order valence-electron chi connectivity index (χ1n) is 22.8. The molecule has 63 heavy (non-hydrogen) atoms. The lowest BCUT2D eigenvalue weighted by atomic mass is 9.87. The van der Waals surface area contributed by atoms with Gasteiger partial charge in [0.1, 0.15) is 24.2 Å². The highest BCUT2D eigenvalue weighted by Crippen LogP contribution is 2.32. The number of nitrogens with one attached hydrogen (secondary N) is 6. The monoisotopic (exact) mass is 860 g/mol. The van der Waals surface area contributed by atoms with Gasteiger partial charge in [0.05, 0.1) is 24.2 Å². The molecule has 336 valence electrons. The number of likely N-dealkylation sites (tertiary alicyclic amines) is 2.